The Labute approximate surface area is 159 Å². The number of nitrogens with one attached hydrogen (secondary N) is 1. The second-order valence-corrected chi connectivity index (χ2v) is 7.05. The van der Waals surface area contributed by atoms with Crippen LogP contribution in [0.1, 0.15) is 43.2 Å². The molecule has 144 valence electrons. The van der Waals surface area contributed by atoms with E-state index >= 15 is 0 Å². The van der Waals surface area contributed by atoms with E-state index in [1.54, 1.807) is 0 Å². The lowest BCUT2D eigenvalue weighted by Crippen LogP contribution is -2.41. The molecule has 1 aromatic carbocycles. The highest BCUT2D eigenvalue weighted by Crippen LogP contribution is 2.15. The number of rotatable bonds is 7. The highest BCUT2D eigenvalue weighted by molar-refractivity contribution is 6.04. The Kier molecular flexibility index (Phi) is 6.21. The minimum Gasteiger partial charge on any atom is -0.354 e. The number of carbonyl (C=O) groups is 3. The molecule has 3 rings (SSSR count). The van der Waals surface area contributed by atoms with Crippen molar-refractivity contribution in [2.45, 2.75) is 39.0 Å². The quantitative estimate of drug-likeness (QED) is 0.738. The smallest absolute Gasteiger partial charge is 0.243 e. The average Bonchev–Trinajstić information content (AvgIpc) is 3.06. The van der Waals surface area contributed by atoms with Gasteiger partial charge in [0.05, 0.1) is 5.71 Å². The number of nitrogens with zero attached hydrogens (tertiary/aromatic N) is 3. The molecule has 27 heavy (non-hydrogen) atoms. The van der Waals surface area contributed by atoms with E-state index in [9.17, 15) is 14.4 Å². The summed E-state index contributed by atoms with van der Waals surface area (Å²) in [6.45, 7) is 3.91. The van der Waals surface area contributed by atoms with Gasteiger partial charge in [0, 0.05) is 38.9 Å². The summed E-state index contributed by atoms with van der Waals surface area (Å²) in [4.78, 5) is 37.6. The van der Waals surface area contributed by atoms with Crippen molar-refractivity contribution in [3.05, 3.63) is 35.4 Å². The van der Waals surface area contributed by atoms with Gasteiger partial charge in [-0.2, -0.15) is 5.10 Å². The predicted octanol–water partition coefficient (Wildman–Crippen LogP) is 1.45. The van der Waals surface area contributed by atoms with Gasteiger partial charge in [-0.1, -0.05) is 29.8 Å². The molecule has 0 radical (unpaired) electrons. The Morgan fingerprint density at radius 2 is 1.89 bits per heavy atom. The number of hydrogen-bond acceptors (Lipinski definition) is 4. The van der Waals surface area contributed by atoms with Crippen LogP contribution >= 0.6 is 0 Å². The van der Waals surface area contributed by atoms with Crippen molar-refractivity contribution in [2.75, 3.05) is 26.2 Å². The summed E-state index contributed by atoms with van der Waals surface area (Å²) in [5.41, 5.74) is 2.97. The zero-order valence-corrected chi connectivity index (χ0v) is 15.7. The Bertz CT molecular complexity index is 742. The minimum absolute atomic E-state index is 0.0726. The van der Waals surface area contributed by atoms with E-state index in [-0.39, 0.29) is 24.3 Å². The fourth-order valence-electron chi connectivity index (χ4n) is 3.31. The van der Waals surface area contributed by atoms with Crippen LogP contribution in [0.5, 0.6) is 0 Å². The first-order valence-corrected chi connectivity index (χ1v) is 9.52. The Balaban J connectivity index is 1.48. The largest absolute Gasteiger partial charge is 0.354 e. The third-order valence-electron chi connectivity index (χ3n) is 4.88. The van der Waals surface area contributed by atoms with Crippen molar-refractivity contribution in [1.29, 1.82) is 0 Å². The molecule has 3 amide bonds. The maximum absolute atomic E-state index is 12.2. The molecule has 1 saturated heterocycles. The lowest BCUT2D eigenvalue weighted by Gasteiger charge is -2.23. The maximum atomic E-state index is 12.2. The molecule has 0 atom stereocenters. The van der Waals surface area contributed by atoms with Gasteiger partial charge in [-0.25, -0.2) is 5.01 Å². The van der Waals surface area contributed by atoms with E-state index in [4.69, 9.17) is 0 Å². The van der Waals surface area contributed by atoms with E-state index in [2.05, 4.69) is 10.4 Å². The van der Waals surface area contributed by atoms with Crippen molar-refractivity contribution in [3.63, 3.8) is 0 Å². The first-order valence-electron chi connectivity index (χ1n) is 9.52. The molecule has 0 spiro atoms. The molecule has 1 N–H and O–H groups in total. The molecule has 0 saturated carbocycles. The molecule has 7 heteroatoms. The van der Waals surface area contributed by atoms with Gasteiger partial charge in [-0.05, 0) is 25.3 Å². The van der Waals surface area contributed by atoms with Crippen LogP contribution < -0.4 is 5.32 Å². The SMILES string of the molecule is Cc1ccc(C2=NN(CC(=O)NCCCN3CCCC3=O)C(=O)CC2)cc1. The summed E-state index contributed by atoms with van der Waals surface area (Å²) in [6, 6.07) is 8.00. The van der Waals surface area contributed by atoms with Gasteiger partial charge < -0.3 is 10.2 Å². The van der Waals surface area contributed by atoms with Crippen molar-refractivity contribution in [1.82, 2.24) is 15.2 Å². The van der Waals surface area contributed by atoms with Gasteiger partial charge in [0.25, 0.3) is 0 Å². The first-order chi connectivity index (χ1) is 13.0. The van der Waals surface area contributed by atoms with Crippen LogP contribution in [0.25, 0.3) is 0 Å². The van der Waals surface area contributed by atoms with E-state index < -0.39 is 0 Å². The fourth-order valence-corrected chi connectivity index (χ4v) is 3.31. The molecule has 0 bridgehead atoms. The normalized spacial score (nSPS) is 17.3. The van der Waals surface area contributed by atoms with Gasteiger partial charge in [0.2, 0.25) is 17.7 Å². The standard InChI is InChI=1S/C20H26N4O3/c1-15-5-7-16(8-6-15)17-9-10-20(27)24(22-17)14-18(25)21-11-3-13-23-12-2-4-19(23)26/h5-8H,2-4,9-14H2,1H3,(H,21,25). The highest BCUT2D eigenvalue weighted by atomic mass is 16.2. The second kappa shape index (κ2) is 8.79. The van der Waals surface area contributed by atoms with E-state index in [0.29, 0.717) is 38.8 Å². The molecule has 0 aliphatic carbocycles. The average molecular weight is 370 g/mol. The van der Waals surface area contributed by atoms with Crippen molar-refractivity contribution < 1.29 is 14.4 Å². The van der Waals surface area contributed by atoms with Gasteiger partial charge >= 0.3 is 0 Å². The van der Waals surface area contributed by atoms with E-state index in [1.807, 2.05) is 36.1 Å². The highest BCUT2D eigenvalue weighted by Gasteiger charge is 2.23. The molecule has 7 nitrogen and oxygen atoms in total. The molecule has 0 unspecified atom stereocenters. The van der Waals surface area contributed by atoms with Gasteiger partial charge in [0.15, 0.2) is 0 Å². The number of hydrogen-bond donors (Lipinski definition) is 1. The lowest BCUT2D eigenvalue weighted by atomic mass is 10.0. The number of carbonyl (C=O) groups excluding carboxylic acids is 3. The summed E-state index contributed by atoms with van der Waals surface area (Å²) in [6.07, 6.45) is 3.21. The molecule has 1 aromatic rings. The summed E-state index contributed by atoms with van der Waals surface area (Å²) in [7, 11) is 0. The summed E-state index contributed by atoms with van der Waals surface area (Å²) < 4.78 is 0. The molecule has 2 heterocycles. The minimum atomic E-state index is -0.231. The maximum Gasteiger partial charge on any atom is 0.243 e. The molecule has 0 aromatic heterocycles. The van der Waals surface area contributed by atoms with Crippen LogP contribution in [0.4, 0.5) is 0 Å². The van der Waals surface area contributed by atoms with Gasteiger partial charge in [0.1, 0.15) is 6.54 Å². The number of amides is 3. The summed E-state index contributed by atoms with van der Waals surface area (Å²) >= 11 is 0. The third-order valence-corrected chi connectivity index (χ3v) is 4.88. The van der Waals surface area contributed by atoms with Crippen molar-refractivity contribution >= 4 is 23.4 Å². The Hall–Kier alpha value is -2.70. The van der Waals surface area contributed by atoms with Gasteiger partial charge in [-0.15, -0.1) is 0 Å². The van der Waals surface area contributed by atoms with E-state index in [1.165, 1.54) is 5.01 Å². The van der Waals surface area contributed by atoms with Crippen molar-refractivity contribution in [3.8, 4) is 0 Å². The summed E-state index contributed by atoms with van der Waals surface area (Å²) in [5.74, 6) is -0.174. The third kappa shape index (κ3) is 5.15. The van der Waals surface area contributed by atoms with Crippen molar-refractivity contribution in [2.24, 2.45) is 5.10 Å². The van der Waals surface area contributed by atoms with Crippen LogP contribution in [-0.2, 0) is 14.4 Å². The topological polar surface area (TPSA) is 82.1 Å². The van der Waals surface area contributed by atoms with Gasteiger partial charge in [-0.3, -0.25) is 14.4 Å². The first kappa shape index (κ1) is 19.1. The van der Waals surface area contributed by atoms with Crippen LogP contribution in [0.3, 0.4) is 0 Å². The summed E-state index contributed by atoms with van der Waals surface area (Å²) in [5, 5.41) is 8.46. The molecule has 1 fully saturated rings. The van der Waals surface area contributed by atoms with Crippen LogP contribution in [0, 0.1) is 6.92 Å². The number of likely N-dealkylation sites (tertiary alicyclic amines) is 1. The number of hydrazone groups is 1. The number of benzene rings is 1. The van der Waals surface area contributed by atoms with Crippen LogP contribution in [0.15, 0.2) is 29.4 Å². The zero-order valence-electron chi connectivity index (χ0n) is 15.7. The number of aryl methyl sites for hydroxylation is 1. The Morgan fingerprint density at radius 1 is 1.11 bits per heavy atom. The molecular weight excluding hydrogens is 344 g/mol. The molecular formula is C20H26N4O3. The zero-order chi connectivity index (χ0) is 19.2. The second-order valence-electron chi connectivity index (χ2n) is 7.05. The predicted molar refractivity (Wildman–Crippen MR) is 102 cm³/mol. The Morgan fingerprint density at radius 3 is 2.59 bits per heavy atom. The molecule has 2 aliphatic rings. The monoisotopic (exact) mass is 370 g/mol. The fraction of sp³-hybridized carbons (Fsp3) is 0.500. The van der Waals surface area contributed by atoms with E-state index in [0.717, 1.165) is 29.8 Å². The van der Waals surface area contributed by atoms with Crippen LogP contribution in [-0.4, -0.2) is 59.5 Å². The lowest BCUT2D eigenvalue weighted by molar-refractivity contribution is -0.136. The molecule has 2 aliphatic heterocycles. The van der Waals surface area contributed by atoms with Crippen LogP contribution in [0.2, 0.25) is 0 Å².